The Bertz CT molecular complexity index is 2040. The number of rotatable bonds is 22. The van der Waals surface area contributed by atoms with Crippen LogP contribution in [0.25, 0.3) is 0 Å². The van der Waals surface area contributed by atoms with Crippen molar-refractivity contribution in [3.8, 4) is 0 Å². The lowest BCUT2D eigenvalue weighted by molar-refractivity contribution is -0.267. The molecule has 0 aromatic heterocycles. The molecule has 388 valence electrons. The Morgan fingerprint density at radius 3 is 1.99 bits per heavy atom. The van der Waals surface area contributed by atoms with Crippen molar-refractivity contribution in [1.82, 2.24) is 36.5 Å². The largest absolute Gasteiger partial charge is 0.445 e. The first kappa shape index (κ1) is 57.1. The summed E-state index contributed by atoms with van der Waals surface area (Å²) in [6.45, 7) is 22.0. The van der Waals surface area contributed by atoms with Gasteiger partial charge < -0.3 is 45.8 Å². The number of hydrogen-bond donors (Lipinski definition) is 5. The van der Waals surface area contributed by atoms with Crippen molar-refractivity contribution >= 4 is 35.8 Å². The fraction of sp³-hybridized carbons (Fsp3) is 0.630. The molecule has 5 N–H and O–H groups in total. The first-order valence-corrected chi connectivity index (χ1v) is 25.1. The van der Waals surface area contributed by atoms with Gasteiger partial charge in [-0.2, -0.15) is 5.06 Å². The lowest BCUT2D eigenvalue weighted by Gasteiger charge is -2.53. The highest BCUT2D eigenvalue weighted by Crippen LogP contribution is 2.38. The van der Waals surface area contributed by atoms with E-state index in [0.717, 1.165) is 11.1 Å². The standard InChI is InChI=1S/C54H83N7O9/c1-36(2)31-41(57-51(67)70-52(5,6)7)28-27-40(32-38-21-15-13-16-22-38)49(65)60-30-20-26-44(60)47(63)59-45(37(3)4)48(64)58-43(25-19-29-55-50(66)69-35-39-23-17-14-18-24-39)46(62)56-42-33-53(8,9)61(68-12)54(10,11)34-42/h13-18,21-24,27-28,36-37,40-45H,19-20,25-26,29-35H2,1-12H3,(H,55,66)(H,56,62)(H,57,67)(H,58,64)(H,59,63)/b28-27+/t40-,41-,43-,44+,45+/m1/s1. The molecule has 70 heavy (non-hydrogen) atoms. The van der Waals surface area contributed by atoms with Crippen LogP contribution in [0.3, 0.4) is 0 Å². The minimum atomic E-state index is -1.04. The molecule has 0 saturated carbocycles. The molecule has 2 fully saturated rings. The fourth-order valence-corrected chi connectivity index (χ4v) is 9.79. The minimum Gasteiger partial charge on any atom is -0.445 e. The van der Waals surface area contributed by atoms with Gasteiger partial charge >= 0.3 is 12.2 Å². The van der Waals surface area contributed by atoms with Crippen molar-refractivity contribution in [1.29, 1.82) is 0 Å². The zero-order chi connectivity index (χ0) is 51.8. The monoisotopic (exact) mass is 974 g/mol. The molecular formula is C54H83N7O9. The topological polar surface area (TPSA) is 197 Å². The fourth-order valence-electron chi connectivity index (χ4n) is 9.79. The number of nitrogens with zero attached hydrogens (tertiary/aromatic N) is 2. The van der Waals surface area contributed by atoms with E-state index >= 15 is 0 Å². The van der Waals surface area contributed by atoms with E-state index in [2.05, 4.69) is 68.1 Å². The molecule has 16 nitrogen and oxygen atoms in total. The molecule has 0 radical (unpaired) electrons. The van der Waals surface area contributed by atoms with Gasteiger partial charge in [-0.15, -0.1) is 0 Å². The summed E-state index contributed by atoms with van der Waals surface area (Å²) in [6.07, 6.45) is 6.22. The predicted molar refractivity (Wildman–Crippen MR) is 271 cm³/mol. The number of alkyl carbamates (subject to hydrolysis) is 2. The van der Waals surface area contributed by atoms with Crippen molar-refractivity contribution in [2.75, 3.05) is 20.2 Å². The number of hydrogen-bond acceptors (Lipinski definition) is 10. The summed E-state index contributed by atoms with van der Waals surface area (Å²) < 4.78 is 10.9. The molecule has 16 heteroatoms. The summed E-state index contributed by atoms with van der Waals surface area (Å²) in [5, 5.41) is 16.8. The molecule has 2 aromatic carbocycles. The van der Waals surface area contributed by atoms with Gasteiger partial charge in [0.25, 0.3) is 0 Å². The number of hydroxylamine groups is 2. The SMILES string of the molecule is CON1C(C)(C)CC(NC(=O)[C@@H](CCCNC(=O)OCc2ccccc2)NC(=O)[C@@H](NC(=O)[C@@H]2CCCN2C(=O)[C@H](/C=C/[C@H](CC(C)C)NC(=O)OC(C)(C)C)Cc2ccccc2)C(C)C)CC1(C)C. The number of piperidine rings is 1. The Labute approximate surface area is 417 Å². The summed E-state index contributed by atoms with van der Waals surface area (Å²) in [6, 6.07) is 15.5. The quantitative estimate of drug-likeness (QED) is 0.0588. The van der Waals surface area contributed by atoms with E-state index in [1.165, 1.54) is 0 Å². The van der Waals surface area contributed by atoms with Crippen molar-refractivity contribution in [3.63, 3.8) is 0 Å². The maximum absolute atomic E-state index is 14.6. The van der Waals surface area contributed by atoms with Gasteiger partial charge in [-0.1, -0.05) is 101 Å². The van der Waals surface area contributed by atoms with Gasteiger partial charge in [-0.05, 0) is 123 Å². The molecule has 2 aliphatic rings. The smallest absolute Gasteiger partial charge is 0.408 e. The number of nitrogens with one attached hydrogen (secondary N) is 5. The van der Waals surface area contributed by atoms with Gasteiger partial charge in [0.2, 0.25) is 23.6 Å². The van der Waals surface area contributed by atoms with Crippen molar-refractivity contribution in [3.05, 3.63) is 83.9 Å². The third-order valence-electron chi connectivity index (χ3n) is 12.6. The maximum atomic E-state index is 14.6. The molecular weight excluding hydrogens is 891 g/mol. The Morgan fingerprint density at radius 1 is 0.800 bits per heavy atom. The molecule has 2 saturated heterocycles. The lowest BCUT2D eigenvalue weighted by atomic mass is 9.79. The minimum absolute atomic E-state index is 0.108. The zero-order valence-electron chi connectivity index (χ0n) is 43.9. The molecule has 0 spiro atoms. The molecule has 2 heterocycles. The molecule has 0 unspecified atom stereocenters. The van der Waals surface area contributed by atoms with Crippen LogP contribution in [0.15, 0.2) is 72.8 Å². The van der Waals surface area contributed by atoms with Crippen LogP contribution in [0.4, 0.5) is 9.59 Å². The van der Waals surface area contributed by atoms with Crippen LogP contribution in [0, 0.1) is 17.8 Å². The second kappa shape index (κ2) is 26.1. The zero-order valence-corrected chi connectivity index (χ0v) is 43.9. The highest BCUT2D eigenvalue weighted by molar-refractivity contribution is 5.95. The summed E-state index contributed by atoms with van der Waals surface area (Å²) in [4.78, 5) is 90.4. The van der Waals surface area contributed by atoms with Crippen LogP contribution in [0.5, 0.6) is 0 Å². The van der Waals surface area contributed by atoms with Crippen molar-refractivity contribution in [2.45, 2.75) is 181 Å². The molecule has 0 aliphatic carbocycles. The number of carbonyl (C=O) groups is 6. The van der Waals surface area contributed by atoms with Gasteiger partial charge in [0.15, 0.2) is 0 Å². The lowest BCUT2D eigenvalue weighted by Crippen LogP contribution is -2.65. The van der Waals surface area contributed by atoms with Gasteiger partial charge in [-0.25, -0.2) is 9.59 Å². The van der Waals surface area contributed by atoms with Crippen LogP contribution in [0.2, 0.25) is 0 Å². The summed E-state index contributed by atoms with van der Waals surface area (Å²) in [7, 11) is 1.64. The van der Waals surface area contributed by atoms with Crippen LogP contribution in [-0.4, -0.2) is 113 Å². The normalized spacial score (nSPS) is 18.9. The first-order chi connectivity index (χ1) is 32.9. The number of ether oxygens (including phenoxy) is 2. The summed E-state index contributed by atoms with van der Waals surface area (Å²) in [5.41, 5.74) is 0.281. The third kappa shape index (κ3) is 18.0. The predicted octanol–water partition coefficient (Wildman–Crippen LogP) is 7.36. The number of benzene rings is 2. The van der Waals surface area contributed by atoms with Crippen LogP contribution in [-0.2, 0) is 46.5 Å². The van der Waals surface area contributed by atoms with Crippen molar-refractivity contribution in [2.24, 2.45) is 17.8 Å². The van der Waals surface area contributed by atoms with Gasteiger partial charge in [0.1, 0.15) is 30.3 Å². The van der Waals surface area contributed by atoms with E-state index in [1.807, 2.05) is 91.7 Å². The first-order valence-electron chi connectivity index (χ1n) is 25.1. The van der Waals surface area contributed by atoms with Crippen LogP contribution < -0.4 is 26.6 Å². The van der Waals surface area contributed by atoms with E-state index in [1.54, 1.807) is 32.8 Å². The molecule has 6 amide bonds. The van der Waals surface area contributed by atoms with E-state index < -0.39 is 70.8 Å². The maximum Gasteiger partial charge on any atom is 0.408 e. The highest BCUT2D eigenvalue weighted by Gasteiger charge is 2.47. The van der Waals surface area contributed by atoms with E-state index in [4.69, 9.17) is 14.3 Å². The molecule has 2 aliphatic heterocycles. The molecule has 4 rings (SSSR count). The Kier molecular flexibility index (Phi) is 21.3. The van der Waals surface area contributed by atoms with E-state index in [-0.39, 0.29) is 49.3 Å². The second-order valence-corrected chi connectivity index (χ2v) is 21.9. The van der Waals surface area contributed by atoms with Crippen LogP contribution in [0.1, 0.15) is 132 Å². The van der Waals surface area contributed by atoms with Gasteiger partial charge in [0.05, 0.1) is 19.1 Å². The summed E-state index contributed by atoms with van der Waals surface area (Å²) in [5.74, 6) is -2.43. The summed E-state index contributed by atoms with van der Waals surface area (Å²) >= 11 is 0. The Balaban J connectivity index is 1.51. The third-order valence-corrected chi connectivity index (χ3v) is 12.6. The van der Waals surface area contributed by atoms with Gasteiger partial charge in [-0.3, -0.25) is 19.2 Å². The van der Waals surface area contributed by atoms with E-state index in [9.17, 15) is 28.8 Å². The van der Waals surface area contributed by atoms with Gasteiger partial charge in [0, 0.05) is 30.2 Å². The number of amides is 6. The Hall–Kier alpha value is -5.48. The molecule has 2 aromatic rings. The average molecular weight is 974 g/mol. The average Bonchev–Trinajstić information content (AvgIpc) is 3.76. The highest BCUT2D eigenvalue weighted by atomic mass is 16.7. The number of carbonyl (C=O) groups excluding carboxylic acids is 6. The van der Waals surface area contributed by atoms with Crippen LogP contribution >= 0.6 is 0 Å². The molecule has 5 atom stereocenters. The van der Waals surface area contributed by atoms with Crippen molar-refractivity contribution < 1.29 is 43.1 Å². The molecule has 0 bridgehead atoms. The van der Waals surface area contributed by atoms with E-state index in [0.29, 0.717) is 51.5 Å². The number of likely N-dealkylation sites (tertiary alicyclic amines) is 1. The second-order valence-electron chi connectivity index (χ2n) is 21.9. The Morgan fingerprint density at radius 2 is 1.41 bits per heavy atom.